The molecule has 0 bridgehead atoms. The highest BCUT2D eigenvalue weighted by molar-refractivity contribution is 7.91. The second kappa shape index (κ2) is 8.03. The van der Waals surface area contributed by atoms with Gasteiger partial charge in [0.25, 0.3) is 0 Å². The average Bonchev–Trinajstić information content (AvgIpc) is 3.17. The van der Waals surface area contributed by atoms with E-state index in [-0.39, 0.29) is 0 Å². The van der Waals surface area contributed by atoms with Gasteiger partial charge in [0.2, 0.25) is 0 Å². The van der Waals surface area contributed by atoms with Gasteiger partial charge in [-0.3, -0.25) is 4.78 Å². The summed E-state index contributed by atoms with van der Waals surface area (Å²) < 4.78 is 21.2. The minimum atomic E-state index is -2.58. The topological polar surface area (TPSA) is 69.9 Å². The fourth-order valence-electron chi connectivity index (χ4n) is 4.48. The first-order valence-electron chi connectivity index (χ1n) is 10.0. The molecule has 1 aromatic heterocycles. The maximum Gasteiger partial charge on any atom is 0.139 e. The molecule has 1 heterocycles. The molecule has 0 amide bonds. The molecule has 5 nitrogen and oxygen atoms in total. The molecule has 2 aromatic rings. The van der Waals surface area contributed by atoms with Crippen molar-refractivity contribution in [3.63, 3.8) is 0 Å². The summed E-state index contributed by atoms with van der Waals surface area (Å²) in [4.78, 5) is 11.2. The van der Waals surface area contributed by atoms with Gasteiger partial charge in [0.1, 0.15) is 12.1 Å². The van der Waals surface area contributed by atoms with Gasteiger partial charge in [-0.1, -0.05) is 42.5 Å². The molecule has 1 unspecified atom stereocenters. The predicted octanol–water partition coefficient (Wildman–Crippen LogP) is 4.29. The van der Waals surface area contributed by atoms with E-state index in [1.807, 2.05) is 30.3 Å². The van der Waals surface area contributed by atoms with Gasteiger partial charge in [-0.2, -0.15) is 0 Å². The van der Waals surface area contributed by atoms with Crippen LogP contribution in [-0.4, -0.2) is 33.0 Å². The van der Waals surface area contributed by atoms with Crippen LogP contribution in [0.25, 0.3) is 6.08 Å². The molecule has 28 heavy (non-hydrogen) atoms. The number of fused-ring (bicyclic) bond motifs is 1. The van der Waals surface area contributed by atoms with Crippen LogP contribution in [0.4, 0.5) is 5.82 Å². The van der Waals surface area contributed by atoms with E-state index in [9.17, 15) is 4.21 Å². The zero-order valence-corrected chi connectivity index (χ0v) is 17.2. The van der Waals surface area contributed by atoms with Crippen molar-refractivity contribution < 1.29 is 4.21 Å². The molecule has 4 rings (SSSR count). The molecule has 0 saturated heterocycles. The Bertz CT molecular complexity index is 948. The van der Waals surface area contributed by atoms with E-state index >= 15 is 0 Å². The predicted molar refractivity (Wildman–Crippen MR) is 115 cm³/mol. The minimum Gasteiger partial charge on any atom is -0.356 e. The van der Waals surface area contributed by atoms with Crippen LogP contribution in [0.15, 0.2) is 42.7 Å². The lowest BCUT2D eigenvalue weighted by molar-refractivity contribution is 0.342. The Kier molecular flexibility index (Phi) is 5.49. The van der Waals surface area contributed by atoms with Crippen molar-refractivity contribution in [2.45, 2.75) is 43.9 Å². The third kappa shape index (κ3) is 4.27. The van der Waals surface area contributed by atoms with Crippen LogP contribution in [0.5, 0.6) is 0 Å². The maximum absolute atomic E-state index is 12.8. The summed E-state index contributed by atoms with van der Waals surface area (Å²) in [5.41, 5.74) is 3.27. The third-order valence-electron chi connectivity index (χ3n) is 5.99. The molecule has 2 aliphatic rings. The van der Waals surface area contributed by atoms with Gasteiger partial charge in [0.15, 0.2) is 0 Å². The molecular formula is C22H28N4OS. The smallest absolute Gasteiger partial charge is 0.139 e. The Labute approximate surface area is 167 Å². The molecule has 0 aliphatic heterocycles. The largest absolute Gasteiger partial charge is 0.356 e. The van der Waals surface area contributed by atoms with Gasteiger partial charge in [-0.15, -0.1) is 0 Å². The van der Waals surface area contributed by atoms with Gasteiger partial charge in [0, 0.05) is 40.6 Å². The summed E-state index contributed by atoms with van der Waals surface area (Å²) in [6.45, 7) is 0. The number of hydrogen-bond donors (Lipinski definition) is 1. The lowest BCUT2D eigenvalue weighted by Crippen LogP contribution is -2.37. The number of allylic oxidation sites excluding steroid dienone is 1. The lowest BCUT2D eigenvalue weighted by Gasteiger charge is -2.36. The Morgan fingerprint density at radius 1 is 1.14 bits per heavy atom. The van der Waals surface area contributed by atoms with E-state index in [0.29, 0.717) is 23.5 Å². The number of nitrogens with zero attached hydrogens (tertiary/aromatic N) is 3. The van der Waals surface area contributed by atoms with Gasteiger partial charge < -0.3 is 4.90 Å². The highest BCUT2D eigenvalue weighted by Crippen LogP contribution is 2.33. The quantitative estimate of drug-likeness (QED) is 0.791. The van der Waals surface area contributed by atoms with Crippen molar-refractivity contribution in [3.8, 4) is 0 Å². The van der Waals surface area contributed by atoms with Gasteiger partial charge in [-0.05, 0) is 37.2 Å². The molecule has 0 radical (unpaired) electrons. The van der Waals surface area contributed by atoms with E-state index in [4.69, 9.17) is 4.78 Å². The Balaban J connectivity index is 1.35. The summed E-state index contributed by atoms with van der Waals surface area (Å²) in [6, 6.07) is 10.2. The highest BCUT2D eigenvalue weighted by Gasteiger charge is 2.28. The summed E-state index contributed by atoms with van der Waals surface area (Å²) in [6.07, 6.45) is 11.0. The highest BCUT2D eigenvalue weighted by atomic mass is 32.2. The van der Waals surface area contributed by atoms with E-state index < -0.39 is 9.73 Å². The SMILES string of the molecule is CN(c1ncnc2c1C=CC2)C1CCC(CS(=N)(=O)Cc2ccccc2)CC1. The van der Waals surface area contributed by atoms with E-state index in [1.54, 1.807) is 6.33 Å². The Morgan fingerprint density at radius 2 is 1.89 bits per heavy atom. The van der Waals surface area contributed by atoms with Crippen molar-refractivity contribution in [1.29, 1.82) is 4.78 Å². The first kappa shape index (κ1) is 19.1. The number of rotatable bonds is 6. The Hall–Kier alpha value is -2.21. The molecule has 0 spiro atoms. The number of aromatic nitrogens is 2. The first-order valence-corrected chi connectivity index (χ1v) is 11.9. The van der Waals surface area contributed by atoms with Crippen LogP contribution < -0.4 is 4.90 Å². The van der Waals surface area contributed by atoms with Crippen molar-refractivity contribution in [2.24, 2.45) is 5.92 Å². The fourth-order valence-corrected chi connectivity index (χ4v) is 6.42. The van der Waals surface area contributed by atoms with Crippen LogP contribution in [0.3, 0.4) is 0 Å². The molecule has 1 N–H and O–H groups in total. The second-order valence-corrected chi connectivity index (χ2v) is 10.3. The molecule has 6 heteroatoms. The van der Waals surface area contributed by atoms with Crippen LogP contribution in [0.1, 0.15) is 42.5 Å². The second-order valence-electron chi connectivity index (χ2n) is 8.06. The monoisotopic (exact) mass is 396 g/mol. The zero-order valence-electron chi connectivity index (χ0n) is 16.4. The molecule has 2 aliphatic carbocycles. The van der Waals surface area contributed by atoms with Gasteiger partial charge >= 0.3 is 0 Å². The molecule has 1 aromatic carbocycles. The van der Waals surface area contributed by atoms with Crippen molar-refractivity contribution in [2.75, 3.05) is 17.7 Å². The van der Waals surface area contributed by atoms with Crippen molar-refractivity contribution in [3.05, 3.63) is 59.6 Å². The van der Waals surface area contributed by atoms with Crippen LogP contribution in [0, 0.1) is 10.7 Å². The van der Waals surface area contributed by atoms with E-state index in [1.165, 1.54) is 0 Å². The normalized spacial score (nSPS) is 23.2. The molecule has 148 valence electrons. The number of benzene rings is 1. The summed E-state index contributed by atoms with van der Waals surface area (Å²) >= 11 is 0. The molecular weight excluding hydrogens is 368 g/mol. The minimum absolute atomic E-state index is 0.368. The molecule has 1 atom stereocenters. The summed E-state index contributed by atoms with van der Waals surface area (Å²) in [5, 5.41) is 0. The van der Waals surface area contributed by atoms with Gasteiger partial charge in [-0.25, -0.2) is 14.2 Å². The standard InChI is InChI=1S/C22H28N4OS/c1-26(22-20-8-5-9-21(20)24-16-25-22)19-12-10-18(11-13-19)15-28(23,27)14-17-6-3-2-4-7-17/h2-8,16,18-19,23H,9-15H2,1H3. The third-order valence-corrected chi connectivity index (χ3v) is 7.80. The fraction of sp³-hybridized carbons (Fsp3) is 0.455. The number of anilines is 1. The van der Waals surface area contributed by atoms with E-state index in [0.717, 1.165) is 54.7 Å². The number of hydrogen-bond acceptors (Lipinski definition) is 5. The number of nitrogens with one attached hydrogen (secondary N) is 1. The van der Waals surface area contributed by atoms with Crippen LogP contribution >= 0.6 is 0 Å². The summed E-state index contributed by atoms with van der Waals surface area (Å²) in [5.74, 6) is 2.29. The molecule has 1 fully saturated rings. The lowest BCUT2D eigenvalue weighted by atomic mass is 9.86. The van der Waals surface area contributed by atoms with Crippen molar-refractivity contribution >= 4 is 21.6 Å². The first-order chi connectivity index (χ1) is 13.5. The average molecular weight is 397 g/mol. The summed E-state index contributed by atoms with van der Waals surface area (Å²) in [7, 11) is -0.448. The Morgan fingerprint density at radius 3 is 2.64 bits per heavy atom. The van der Waals surface area contributed by atoms with Crippen LogP contribution in [-0.2, 0) is 21.9 Å². The molecule has 1 saturated carbocycles. The zero-order chi connectivity index (χ0) is 19.6. The maximum atomic E-state index is 12.8. The van der Waals surface area contributed by atoms with Crippen LogP contribution in [0.2, 0.25) is 0 Å². The van der Waals surface area contributed by atoms with Crippen molar-refractivity contribution in [1.82, 2.24) is 9.97 Å². The van der Waals surface area contributed by atoms with E-state index in [2.05, 4.69) is 34.1 Å². The van der Waals surface area contributed by atoms with Gasteiger partial charge in [0.05, 0.1) is 11.4 Å².